The van der Waals surface area contributed by atoms with E-state index in [1.807, 2.05) is 24.3 Å². The summed E-state index contributed by atoms with van der Waals surface area (Å²) in [5.74, 6) is -3.13. The Morgan fingerprint density at radius 2 is 2.12 bits per heavy atom. The minimum atomic E-state index is -2.57. The number of carbonyl (C=O) groups excluding carboxylic acids is 1. The van der Waals surface area contributed by atoms with Gasteiger partial charge in [0.15, 0.2) is 0 Å². The Bertz CT molecular complexity index is 966. The van der Waals surface area contributed by atoms with Crippen LogP contribution in [0, 0.1) is 11.3 Å². The van der Waals surface area contributed by atoms with Crippen LogP contribution >= 0.6 is 0 Å². The molecule has 3 unspecified atom stereocenters. The number of benzene rings is 1. The van der Waals surface area contributed by atoms with Crippen molar-refractivity contribution in [2.24, 2.45) is 11.3 Å². The number of alkyl halides is 2. The van der Waals surface area contributed by atoms with Crippen molar-refractivity contribution in [3.05, 3.63) is 41.2 Å². The Balaban J connectivity index is 1.48. The summed E-state index contributed by atoms with van der Waals surface area (Å²) in [7, 11) is 1.70. The minimum Gasteiger partial charge on any atom is -0.357 e. The van der Waals surface area contributed by atoms with E-state index < -0.39 is 17.3 Å². The van der Waals surface area contributed by atoms with Crippen LogP contribution in [0.2, 0.25) is 0 Å². The number of nitrogens with zero attached hydrogens (tertiary/aromatic N) is 1. The van der Waals surface area contributed by atoms with E-state index in [0.29, 0.717) is 12.8 Å². The third kappa shape index (κ3) is 1.89. The zero-order chi connectivity index (χ0) is 18.3. The van der Waals surface area contributed by atoms with Crippen molar-refractivity contribution in [2.75, 3.05) is 11.9 Å². The average molecular weight is 358 g/mol. The van der Waals surface area contributed by atoms with Crippen LogP contribution in [0.5, 0.6) is 0 Å². The molecule has 3 atom stereocenters. The monoisotopic (exact) mass is 358 g/mol. The van der Waals surface area contributed by atoms with Crippen LogP contribution in [-0.2, 0) is 4.79 Å². The molecule has 7 heteroatoms. The van der Waals surface area contributed by atoms with Crippen molar-refractivity contribution in [1.82, 2.24) is 15.8 Å². The highest BCUT2D eigenvalue weighted by atomic mass is 19.3. The summed E-state index contributed by atoms with van der Waals surface area (Å²) in [4.78, 5) is 15.8. The molecule has 136 valence electrons. The summed E-state index contributed by atoms with van der Waals surface area (Å²) in [5.41, 5.74) is 10.1. The Morgan fingerprint density at radius 1 is 1.31 bits per heavy atom. The molecule has 5 rings (SSSR count). The van der Waals surface area contributed by atoms with E-state index in [1.54, 1.807) is 14.0 Å². The van der Waals surface area contributed by atoms with E-state index in [9.17, 15) is 13.6 Å². The van der Waals surface area contributed by atoms with Crippen molar-refractivity contribution in [1.29, 1.82) is 0 Å². The summed E-state index contributed by atoms with van der Waals surface area (Å²) < 4.78 is 28.3. The molecule has 26 heavy (non-hydrogen) atoms. The number of carbonyl (C=O) groups is 1. The number of aromatic nitrogens is 1. The molecule has 0 saturated heterocycles. The van der Waals surface area contributed by atoms with Gasteiger partial charge in [-0.15, -0.1) is 0 Å². The summed E-state index contributed by atoms with van der Waals surface area (Å²) in [6, 6.07) is 7.66. The summed E-state index contributed by atoms with van der Waals surface area (Å²) in [6.45, 7) is 1.68. The molecule has 3 aliphatic rings. The Morgan fingerprint density at radius 3 is 2.88 bits per heavy atom. The number of anilines is 1. The van der Waals surface area contributed by atoms with Gasteiger partial charge in [0.2, 0.25) is 6.41 Å². The van der Waals surface area contributed by atoms with Gasteiger partial charge in [-0.2, -0.15) is 0 Å². The van der Waals surface area contributed by atoms with Crippen molar-refractivity contribution >= 4 is 23.0 Å². The third-order valence-electron chi connectivity index (χ3n) is 6.46. The number of H-pyrrole nitrogens is 1. The quantitative estimate of drug-likeness (QED) is 0.739. The molecule has 3 N–H and O–H groups in total. The summed E-state index contributed by atoms with van der Waals surface area (Å²) >= 11 is 0. The fraction of sp³-hybridized carbons (Fsp3) is 0.421. The van der Waals surface area contributed by atoms with Crippen LogP contribution in [0.4, 0.5) is 14.5 Å². The lowest BCUT2D eigenvalue weighted by Crippen LogP contribution is -2.28. The molecular formula is C19H20F2N4O. The normalized spacial score (nSPS) is 31.4. The predicted molar refractivity (Wildman–Crippen MR) is 94.6 cm³/mol. The van der Waals surface area contributed by atoms with E-state index in [-0.39, 0.29) is 6.04 Å². The smallest absolute Gasteiger partial charge is 0.258 e. The number of nitrogens with one attached hydrogen (secondary N) is 3. The Kier molecular flexibility index (Phi) is 2.95. The highest BCUT2D eigenvalue weighted by molar-refractivity contribution is 5.87. The van der Waals surface area contributed by atoms with E-state index in [1.165, 1.54) is 4.90 Å². The molecule has 0 bridgehead atoms. The molecule has 1 aliphatic heterocycles. The van der Waals surface area contributed by atoms with Gasteiger partial charge in [-0.3, -0.25) is 4.79 Å². The van der Waals surface area contributed by atoms with Crippen LogP contribution in [0.1, 0.15) is 31.5 Å². The highest BCUT2D eigenvalue weighted by Gasteiger charge is 2.78. The molecule has 2 heterocycles. The first-order chi connectivity index (χ1) is 12.3. The molecule has 2 aromatic rings. The molecule has 1 fully saturated rings. The van der Waals surface area contributed by atoms with Crippen LogP contribution < -0.4 is 15.8 Å². The van der Waals surface area contributed by atoms with Gasteiger partial charge in [0, 0.05) is 47.4 Å². The molecule has 5 nitrogen and oxygen atoms in total. The number of allylic oxidation sites excluding steroid dienone is 1. The van der Waals surface area contributed by atoms with Crippen LogP contribution in [0.25, 0.3) is 10.9 Å². The molecule has 1 aromatic carbocycles. The number of fused-ring (bicyclic) bond motifs is 2. The number of hydrogen-bond donors (Lipinski definition) is 3. The highest BCUT2D eigenvalue weighted by Crippen LogP contribution is 2.73. The first kappa shape index (κ1) is 15.8. The second-order valence-electron chi connectivity index (χ2n) is 7.89. The van der Waals surface area contributed by atoms with Crippen molar-refractivity contribution < 1.29 is 13.6 Å². The number of hydrazine groups is 1. The number of aromatic amines is 1. The van der Waals surface area contributed by atoms with E-state index in [2.05, 4.69) is 15.8 Å². The Hall–Kier alpha value is -2.41. The second-order valence-corrected chi connectivity index (χ2v) is 7.89. The lowest BCUT2D eigenvalue weighted by atomic mass is 9.85. The maximum absolute atomic E-state index is 14.1. The van der Waals surface area contributed by atoms with Crippen LogP contribution in [0.15, 0.2) is 35.5 Å². The summed E-state index contributed by atoms with van der Waals surface area (Å²) in [6.07, 6.45) is 1.56. The van der Waals surface area contributed by atoms with Gasteiger partial charge >= 0.3 is 0 Å². The molecule has 1 saturated carbocycles. The lowest BCUT2D eigenvalue weighted by molar-refractivity contribution is -0.107. The molecular weight excluding hydrogens is 338 g/mol. The Labute approximate surface area is 149 Å². The first-order valence-electron chi connectivity index (χ1n) is 8.77. The molecule has 0 spiro atoms. The van der Waals surface area contributed by atoms with Gasteiger partial charge < -0.3 is 15.3 Å². The molecule has 1 amide bonds. The third-order valence-corrected chi connectivity index (χ3v) is 6.46. The maximum atomic E-state index is 14.1. The van der Waals surface area contributed by atoms with Crippen molar-refractivity contribution in [3.8, 4) is 0 Å². The average Bonchev–Trinajstić information content (AvgIpc) is 3.03. The predicted octanol–water partition coefficient (Wildman–Crippen LogP) is 3.23. The number of amides is 1. The standard InChI is InChI=1S/C19H20F2N4O/c1-18-8-15-12(7-16(18)19(18,20)21)17(24-23-15)14-5-10-3-4-11(25(2)9-26)6-13(10)22-14/h3-6,9,16-17,22-24H,7-8H2,1-2H3. The van der Waals surface area contributed by atoms with Crippen molar-refractivity contribution in [2.45, 2.75) is 31.7 Å². The van der Waals surface area contributed by atoms with Crippen LogP contribution in [0.3, 0.4) is 0 Å². The van der Waals surface area contributed by atoms with Gasteiger partial charge in [0.1, 0.15) is 0 Å². The van der Waals surface area contributed by atoms with E-state index in [0.717, 1.165) is 40.0 Å². The van der Waals surface area contributed by atoms with E-state index >= 15 is 0 Å². The van der Waals surface area contributed by atoms with Crippen molar-refractivity contribution in [3.63, 3.8) is 0 Å². The van der Waals surface area contributed by atoms with Gasteiger partial charge in [0.25, 0.3) is 5.92 Å². The van der Waals surface area contributed by atoms with Crippen LogP contribution in [-0.4, -0.2) is 24.4 Å². The zero-order valence-electron chi connectivity index (χ0n) is 14.6. The molecule has 1 aromatic heterocycles. The largest absolute Gasteiger partial charge is 0.357 e. The fourth-order valence-corrected chi connectivity index (χ4v) is 4.59. The minimum absolute atomic E-state index is 0.134. The first-order valence-corrected chi connectivity index (χ1v) is 8.77. The molecule has 0 radical (unpaired) electrons. The van der Waals surface area contributed by atoms with Gasteiger partial charge in [-0.25, -0.2) is 14.2 Å². The fourth-order valence-electron chi connectivity index (χ4n) is 4.59. The van der Waals surface area contributed by atoms with Gasteiger partial charge in [0.05, 0.1) is 6.04 Å². The SMILES string of the molecule is CN(C=O)c1ccc2cc(C3NNC4=C3CC3C(F)(F)C3(C)C4)[nH]c2c1. The topological polar surface area (TPSA) is 60.2 Å². The number of rotatable bonds is 3. The van der Waals surface area contributed by atoms with Gasteiger partial charge in [-0.1, -0.05) is 13.0 Å². The second kappa shape index (κ2) is 4.85. The van der Waals surface area contributed by atoms with E-state index in [4.69, 9.17) is 0 Å². The van der Waals surface area contributed by atoms with Gasteiger partial charge in [-0.05, 0) is 35.6 Å². The zero-order valence-corrected chi connectivity index (χ0v) is 14.6. The number of hydrogen-bond acceptors (Lipinski definition) is 3. The molecule has 2 aliphatic carbocycles. The lowest BCUT2D eigenvalue weighted by Gasteiger charge is -2.19. The number of halogens is 2. The summed E-state index contributed by atoms with van der Waals surface area (Å²) in [5, 5.41) is 1.02. The maximum Gasteiger partial charge on any atom is 0.258 e.